The zero-order chi connectivity index (χ0) is 17.4. The molecule has 0 aliphatic rings. The topological polar surface area (TPSA) is 70.0 Å². The standard InChI is InChI=1S/C17H18N6OS/c1-3-9-22-15(24)12-6-4-5-7-13(12)23-16(22)19-20-17(23)25-11-14-18-8-10-21(14)2/h4-8,10H,3,9,11H2,1-2H3. The van der Waals surface area contributed by atoms with Gasteiger partial charge in [-0.15, -0.1) is 10.2 Å². The number of hydrogen-bond donors (Lipinski definition) is 0. The minimum Gasteiger partial charge on any atom is -0.337 e. The SMILES string of the molecule is CCCn1c(=O)c2ccccc2n2c(SCc3nccn3C)nnc12. The van der Waals surface area contributed by atoms with Gasteiger partial charge in [0.1, 0.15) is 5.82 Å². The van der Waals surface area contributed by atoms with Crippen LogP contribution in [0.4, 0.5) is 0 Å². The van der Waals surface area contributed by atoms with Crippen molar-refractivity contribution < 1.29 is 0 Å². The highest BCUT2D eigenvalue weighted by molar-refractivity contribution is 7.98. The van der Waals surface area contributed by atoms with Crippen LogP contribution in [0.2, 0.25) is 0 Å². The Morgan fingerprint density at radius 2 is 2.04 bits per heavy atom. The molecule has 128 valence electrons. The van der Waals surface area contributed by atoms with Crippen molar-refractivity contribution in [2.24, 2.45) is 7.05 Å². The molecule has 3 aromatic heterocycles. The van der Waals surface area contributed by atoms with Crippen LogP contribution in [0.15, 0.2) is 46.6 Å². The number of benzene rings is 1. The summed E-state index contributed by atoms with van der Waals surface area (Å²) < 4.78 is 5.67. The van der Waals surface area contributed by atoms with Gasteiger partial charge in [-0.05, 0) is 18.6 Å². The number of hydrogen-bond acceptors (Lipinski definition) is 5. The molecule has 7 nitrogen and oxygen atoms in total. The maximum Gasteiger partial charge on any atom is 0.262 e. The summed E-state index contributed by atoms with van der Waals surface area (Å²) in [6.45, 7) is 2.67. The van der Waals surface area contributed by atoms with Gasteiger partial charge in [0.25, 0.3) is 5.56 Å². The van der Waals surface area contributed by atoms with Crippen LogP contribution in [0, 0.1) is 0 Å². The lowest BCUT2D eigenvalue weighted by Crippen LogP contribution is -2.23. The van der Waals surface area contributed by atoms with E-state index in [9.17, 15) is 4.79 Å². The summed E-state index contributed by atoms with van der Waals surface area (Å²) >= 11 is 1.57. The smallest absolute Gasteiger partial charge is 0.262 e. The van der Waals surface area contributed by atoms with Crippen LogP contribution in [0.25, 0.3) is 16.7 Å². The van der Waals surface area contributed by atoms with Crippen molar-refractivity contribution in [1.82, 2.24) is 28.7 Å². The van der Waals surface area contributed by atoms with Gasteiger partial charge in [-0.25, -0.2) is 4.98 Å². The minimum absolute atomic E-state index is 0.0157. The number of imidazole rings is 1. The average Bonchev–Trinajstić information content (AvgIpc) is 3.23. The fraction of sp³-hybridized carbons (Fsp3) is 0.294. The summed E-state index contributed by atoms with van der Waals surface area (Å²) in [4.78, 5) is 17.1. The molecular weight excluding hydrogens is 336 g/mol. The predicted molar refractivity (Wildman–Crippen MR) is 97.8 cm³/mol. The second kappa shape index (κ2) is 6.36. The van der Waals surface area contributed by atoms with Crippen LogP contribution in [0.1, 0.15) is 19.2 Å². The Labute approximate surface area is 148 Å². The van der Waals surface area contributed by atoms with Crippen molar-refractivity contribution in [3.05, 3.63) is 52.8 Å². The first kappa shape index (κ1) is 15.9. The van der Waals surface area contributed by atoms with Crippen molar-refractivity contribution in [2.45, 2.75) is 30.8 Å². The molecular formula is C17H18N6OS. The normalized spacial score (nSPS) is 11.6. The molecule has 0 bridgehead atoms. The molecule has 0 aliphatic carbocycles. The zero-order valence-electron chi connectivity index (χ0n) is 14.1. The Morgan fingerprint density at radius 3 is 2.80 bits per heavy atom. The number of nitrogens with zero attached hydrogens (tertiary/aromatic N) is 6. The lowest BCUT2D eigenvalue weighted by Gasteiger charge is -2.10. The molecule has 0 amide bonds. The lowest BCUT2D eigenvalue weighted by molar-refractivity contribution is 0.662. The molecule has 4 rings (SSSR count). The quantitative estimate of drug-likeness (QED) is 0.515. The maximum atomic E-state index is 12.8. The average molecular weight is 354 g/mol. The van der Waals surface area contributed by atoms with E-state index in [1.54, 1.807) is 22.5 Å². The molecule has 0 radical (unpaired) electrons. The van der Waals surface area contributed by atoms with Crippen molar-refractivity contribution in [2.75, 3.05) is 0 Å². The third kappa shape index (κ3) is 2.62. The van der Waals surface area contributed by atoms with E-state index >= 15 is 0 Å². The summed E-state index contributed by atoms with van der Waals surface area (Å²) in [6, 6.07) is 7.61. The Morgan fingerprint density at radius 1 is 1.20 bits per heavy atom. The first-order valence-corrected chi connectivity index (χ1v) is 9.15. The van der Waals surface area contributed by atoms with Gasteiger partial charge < -0.3 is 4.57 Å². The lowest BCUT2D eigenvalue weighted by atomic mass is 10.2. The van der Waals surface area contributed by atoms with E-state index in [4.69, 9.17) is 0 Å². The highest BCUT2D eigenvalue weighted by atomic mass is 32.2. The Kier molecular flexibility index (Phi) is 4.04. The Hall–Kier alpha value is -2.61. The van der Waals surface area contributed by atoms with Crippen molar-refractivity contribution in [3.8, 4) is 0 Å². The molecule has 0 saturated heterocycles. The molecule has 0 spiro atoms. The van der Waals surface area contributed by atoms with Gasteiger partial charge in [0.15, 0.2) is 5.16 Å². The third-order valence-corrected chi connectivity index (χ3v) is 5.10. The molecule has 0 N–H and O–H groups in total. The molecule has 4 aromatic rings. The largest absolute Gasteiger partial charge is 0.337 e. The van der Waals surface area contributed by atoms with E-state index in [0.29, 0.717) is 23.5 Å². The number of thioether (sulfide) groups is 1. The summed E-state index contributed by atoms with van der Waals surface area (Å²) in [5, 5.41) is 10.1. The molecule has 0 fully saturated rings. The second-order valence-corrected chi connectivity index (χ2v) is 6.78. The van der Waals surface area contributed by atoms with Crippen LogP contribution < -0.4 is 5.56 Å². The molecule has 0 aliphatic heterocycles. The monoisotopic (exact) mass is 354 g/mol. The molecule has 25 heavy (non-hydrogen) atoms. The number of aromatic nitrogens is 6. The van der Waals surface area contributed by atoms with E-state index < -0.39 is 0 Å². The summed E-state index contributed by atoms with van der Waals surface area (Å²) in [6.07, 6.45) is 4.56. The van der Waals surface area contributed by atoms with Crippen LogP contribution in [0.3, 0.4) is 0 Å². The zero-order valence-corrected chi connectivity index (χ0v) is 14.9. The summed E-state index contributed by atoms with van der Waals surface area (Å²) in [7, 11) is 1.97. The van der Waals surface area contributed by atoms with E-state index in [1.807, 2.05) is 53.4 Å². The fourth-order valence-electron chi connectivity index (χ4n) is 2.92. The minimum atomic E-state index is -0.0157. The van der Waals surface area contributed by atoms with E-state index in [1.165, 1.54) is 0 Å². The highest BCUT2D eigenvalue weighted by Gasteiger charge is 2.16. The number of fused-ring (bicyclic) bond motifs is 3. The van der Waals surface area contributed by atoms with Gasteiger partial charge in [-0.1, -0.05) is 30.8 Å². The van der Waals surface area contributed by atoms with E-state index in [2.05, 4.69) is 15.2 Å². The first-order chi connectivity index (χ1) is 12.2. The molecule has 8 heteroatoms. The predicted octanol–water partition coefficient (Wildman–Crippen LogP) is 2.48. The van der Waals surface area contributed by atoms with Gasteiger partial charge in [-0.3, -0.25) is 13.8 Å². The van der Waals surface area contributed by atoms with Gasteiger partial charge in [0, 0.05) is 26.0 Å². The summed E-state index contributed by atoms with van der Waals surface area (Å²) in [5.74, 6) is 2.24. The third-order valence-electron chi connectivity index (χ3n) is 4.18. The van der Waals surface area contributed by atoms with Gasteiger partial charge in [0.2, 0.25) is 5.78 Å². The molecule has 0 atom stereocenters. The number of para-hydroxylation sites is 1. The van der Waals surface area contributed by atoms with E-state index in [-0.39, 0.29) is 5.56 Å². The van der Waals surface area contributed by atoms with Crippen LogP contribution in [-0.2, 0) is 19.3 Å². The van der Waals surface area contributed by atoms with Gasteiger partial charge in [0.05, 0.1) is 16.7 Å². The van der Waals surface area contributed by atoms with Gasteiger partial charge in [-0.2, -0.15) is 0 Å². The fourth-order valence-corrected chi connectivity index (χ4v) is 3.86. The highest BCUT2D eigenvalue weighted by Crippen LogP contribution is 2.24. The number of aryl methyl sites for hydroxylation is 2. The second-order valence-electron chi connectivity index (χ2n) is 5.83. The van der Waals surface area contributed by atoms with Crippen LogP contribution >= 0.6 is 11.8 Å². The molecule has 3 heterocycles. The first-order valence-electron chi connectivity index (χ1n) is 8.16. The summed E-state index contributed by atoms with van der Waals surface area (Å²) in [5.41, 5.74) is 0.820. The van der Waals surface area contributed by atoms with Crippen molar-refractivity contribution in [1.29, 1.82) is 0 Å². The van der Waals surface area contributed by atoms with Crippen molar-refractivity contribution in [3.63, 3.8) is 0 Å². The van der Waals surface area contributed by atoms with Gasteiger partial charge >= 0.3 is 0 Å². The van der Waals surface area contributed by atoms with E-state index in [0.717, 1.165) is 22.9 Å². The van der Waals surface area contributed by atoms with Crippen molar-refractivity contribution >= 4 is 28.4 Å². The Balaban J connectivity index is 1.89. The molecule has 0 saturated carbocycles. The molecule has 0 unspecified atom stereocenters. The Bertz CT molecular complexity index is 1110. The van der Waals surface area contributed by atoms with Crippen LogP contribution in [0.5, 0.6) is 0 Å². The maximum absolute atomic E-state index is 12.8. The van der Waals surface area contributed by atoms with Crippen LogP contribution in [-0.4, -0.2) is 28.7 Å². The molecule has 1 aromatic carbocycles. The number of rotatable bonds is 5.